The Hall–Kier alpha value is -1.99. The maximum absolute atomic E-state index is 4.43. The molecule has 0 saturated carbocycles. The number of nitrogens with one attached hydrogen (secondary N) is 1. The molecule has 3 aromatic rings. The molecular formula is C18H23BrN6. The van der Waals surface area contributed by atoms with Gasteiger partial charge in [-0.3, -0.25) is 4.90 Å². The van der Waals surface area contributed by atoms with E-state index >= 15 is 0 Å². The minimum absolute atomic E-state index is 0.275. The second kappa shape index (κ2) is 7.93. The number of fused-ring (bicyclic) bond motifs is 1. The molecule has 0 bridgehead atoms. The van der Waals surface area contributed by atoms with Gasteiger partial charge in [-0.15, -0.1) is 0 Å². The third-order valence-electron chi connectivity index (χ3n) is 4.48. The van der Waals surface area contributed by atoms with Crippen molar-refractivity contribution < 1.29 is 0 Å². The third-order valence-corrected chi connectivity index (χ3v) is 5.03. The molecule has 7 heteroatoms. The van der Waals surface area contributed by atoms with Crippen LogP contribution in [0.3, 0.4) is 0 Å². The summed E-state index contributed by atoms with van der Waals surface area (Å²) in [5.74, 6) is 0.804. The molecule has 0 radical (unpaired) electrons. The average Bonchev–Trinajstić information content (AvgIpc) is 2.94. The van der Waals surface area contributed by atoms with E-state index in [0.717, 1.165) is 41.1 Å². The molecular weight excluding hydrogens is 380 g/mol. The van der Waals surface area contributed by atoms with Gasteiger partial charge in [-0.1, -0.05) is 44.2 Å². The molecule has 2 heterocycles. The van der Waals surface area contributed by atoms with Crippen molar-refractivity contribution in [2.75, 3.05) is 25.0 Å². The van der Waals surface area contributed by atoms with Crippen molar-refractivity contribution in [3.05, 3.63) is 46.8 Å². The number of nitrogens with zero attached hydrogens (tertiary/aromatic N) is 5. The lowest BCUT2D eigenvalue weighted by molar-refractivity contribution is 0.228. The molecule has 1 N–H and O–H groups in total. The molecule has 25 heavy (non-hydrogen) atoms. The van der Waals surface area contributed by atoms with Crippen LogP contribution >= 0.6 is 15.9 Å². The van der Waals surface area contributed by atoms with E-state index in [0.29, 0.717) is 0 Å². The predicted molar refractivity (Wildman–Crippen MR) is 105 cm³/mol. The van der Waals surface area contributed by atoms with Gasteiger partial charge in [0.15, 0.2) is 5.65 Å². The van der Waals surface area contributed by atoms with E-state index in [-0.39, 0.29) is 6.04 Å². The fraction of sp³-hybridized carbons (Fsp3) is 0.389. The van der Waals surface area contributed by atoms with Gasteiger partial charge in [-0.2, -0.15) is 5.10 Å². The Morgan fingerprint density at radius 1 is 1.16 bits per heavy atom. The van der Waals surface area contributed by atoms with Gasteiger partial charge in [-0.25, -0.2) is 14.6 Å². The standard InChI is InChI=1S/C18H23BrN6/c1-4-25(5-2)14(13-9-7-6-8-10-13)11-20-17-15-16(19)23-24(3)18(15)22-12-21-17/h6-10,12,14H,4-5,11H2,1-3H3,(H,20,21,22). The molecule has 1 atom stereocenters. The van der Waals surface area contributed by atoms with Gasteiger partial charge in [0.25, 0.3) is 0 Å². The maximum atomic E-state index is 4.43. The first-order chi connectivity index (χ1) is 12.2. The average molecular weight is 403 g/mol. The summed E-state index contributed by atoms with van der Waals surface area (Å²) >= 11 is 3.51. The normalized spacial score (nSPS) is 12.7. The van der Waals surface area contributed by atoms with Gasteiger partial charge in [-0.05, 0) is 34.6 Å². The molecule has 3 rings (SSSR count). The summed E-state index contributed by atoms with van der Waals surface area (Å²) in [6, 6.07) is 10.9. The molecule has 0 aliphatic heterocycles. The summed E-state index contributed by atoms with van der Waals surface area (Å²) in [5, 5.41) is 8.81. The zero-order valence-corrected chi connectivity index (χ0v) is 16.4. The summed E-state index contributed by atoms with van der Waals surface area (Å²) in [6.45, 7) is 7.14. The Bertz CT molecular complexity index is 828. The van der Waals surface area contributed by atoms with Crippen LogP contribution in [-0.2, 0) is 7.05 Å². The smallest absolute Gasteiger partial charge is 0.164 e. The molecule has 0 spiro atoms. The Balaban J connectivity index is 1.89. The van der Waals surface area contributed by atoms with Crippen LogP contribution in [0.5, 0.6) is 0 Å². The van der Waals surface area contributed by atoms with E-state index in [1.54, 1.807) is 11.0 Å². The second-order valence-electron chi connectivity index (χ2n) is 5.86. The minimum Gasteiger partial charge on any atom is -0.367 e. The Morgan fingerprint density at radius 3 is 2.56 bits per heavy atom. The summed E-state index contributed by atoms with van der Waals surface area (Å²) in [6.07, 6.45) is 1.58. The lowest BCUT2D eigenvalue weighted by Crippen LogP contribution is -2.33. The van der Waals surface area contributed by atoms with Gasteiger partial charge in [0.2, 0.25) is 0 Å². The molecule has 1 unspecified atom stereocenters. The molecule has 2 aromatic heterocycles. The Labute approximate surface area is 156 Å². The summed E-state index contributed by atoms with van der Waals surface area (Å²) in [5.41, 5.74) is 2.11. The number of aryl methyl sites for hydroxylation is 1. The number of likely N-dealkylation sites (N-methyl/N-ethyl adjacent to an activating group) is 1. The highest BCUT2D eigenvalue weighted by Crippen LogP contribution is 2.28. The number of anilines is 1. The first kappa shape index (κ1) is 17.8. The lowest BCUT2D eigenvalue weighted by atomic mass is 10.1. The largest absolute Gasteiger partial charge is 0.367 e. The molecule has 0 aliphatic carbocycles. The summed E-state index contributed by atoms with van der Waals surface area (Å²) in [4.78, 5) is 11.2. The number of benzene rings is 1. The van der Waals surface area contributed by atoms with Crippen molar-refractivity contribution in [1.29, 1.82) is 0 Å². The zero-order valence-electron chi connectivity index (χ0n) is 14.8. The SMILES string of the molecule is CCN(CC)C(CNc1ncnc2c1c(Br)nn2C)c1ccccc1. The molecule has 0 aliphatic rings. The van der Waals surface area contributed by atoms with Gasteiger partial charge in [0, 0.05) is 13.6 Å². The van der Waals surface area contributed by atoms with Crippen molar-refractivity contribution in [3.8, 4) is 0 Å². The van der Waals surface area contributed by atoms with Crippen molar-refractivity contribution in [2.24, 2.45) is 7.05 Å². The number of aromatic nitrogens is 4. The zero-order chi connectivity index (χ0) is 17.8. The number of hydrogen-bond donors (Lipinski definition) is 1. The summed E-state index contributed by atoms with van der Waals surface area (Å²) < 4.78 is 2.51. The van der Waals surface area contributed by atoms with Gasteiger partial charge in [0.1, 0.15) is 16.7 Å². The number of halogens is 1. The quantitative estimate of drug-likeness (QED) is 0.653. The second-order valence-corrected chi connectivity index (χ2v) is 6.62. The van der Waals surface area contributed by atoms with E-state index in [1.807, 2.05) is 7.05 Å². The van der Waals surface area contributed by atoms with Crippen molar-refractivity contribution in [1.82, 2.24) is 24.6 Å². The van der Waals surface area contributed by atoms with Gasteiger partial charge >= 0.3 is 0 Å². The lowest BCUT2D eigenvalue weighted by Gasteiger charge is -2.30. The fourth-order valence-corrected chi connectivity index (χ4v) is 3.77. The maximum Gasteiger partial charge on any atom is 0.164 e. The highest BCUT2D eigenvalue weighted by atomic mass is 79.9. The topological polar surface area (TPSA) is 58.9 Å². The van der Waals surface area contributed by atoms with Crippen LogP contribution in [0.25, 0.3) is 11.0 Å². The van der Waals surface area contributed by atoms with Crippen LogP contribution in [0.4, 0.5) is 5.82 Å². The highest BCUT2D eigenvalue weighted by Gasteiger charge is 2.19. The monoisotopic (exact) mass is 402 g/mol. The first-order valence-corrected chi connectivity index (χ1v) is 9.31. The molecule has 132 valence electrons. The van der Waals surface area contributed by atoms with Gasteiger partial charge < -0.3 is 5.32 Å². The molecule has 6 nitrogen and oxygen atoms in total. The Kier molecular flexibility index (Phi) is 5.65. The van der Waals surface area contributed by atoms with E-state index in [4.69, 9.17) is 0 Å². The fourth-order valence-electron chi connectivity index (χ4n) is 3.17. The van der Waals surface area contributed by atoms with Crippen molar-refractivity contribution in [3.63, 3.8) is 0 Å². The Morgan fingerprint density at radius 2 is 1.88 bits per heavy atom. The number of hydrogen-bond acceptors (Lipinski definition) is 5. The third kappa shape index (κ3) is 3.67. The number of rotatable bonds is 7. The molecule has 0 fully saturated rings. The highest BCUT2D eigenvalue weighted by molar-refractivity contribution is 9.10. The summed E-state index contributed by atoms with van der Waals surface area (Å²) in [7, 11) is 1.88. The molecule has 1 aromatic carbocycles. The van der Waals surface area contributed by atoms with Crippen LogP contribution in [-0.4, -0.2) is 44.3 Å². The van der Waals surface area contributed by atoms with Crippen LogP contribution in [0.1, 0.15) is 25.5 Å². The van der Waals surface area contributed by atoms with Gasteiger partial charge in [0.05, 0.1) is 11.4 Å². The van der Waals surface area contributed by atoms with Crippen LogP contribution in [0.2, 0.25) is 0 Å². The first-order valence-electron chi connectivity index (χ1n) is 8.51. The predicted octanol–water partition coefficient (Wildman–Crippen LogP) is 3.62. The van der Waals surface area contributed by atoms with Crippen molar-refractivity contribution >= 4 is 32.8 Å². The molecule has 0 saturated heterocycles. The van der Waals surface area contributed by atoms with E-state index in [2.05, 4.69) is 85.4 Å². The van der Waals surface area contributed by atoms with Crippen molar-refractivity contribution in [2.45, 2.75) is 19.9 Å². The van der Waals surface area contributed by atoms with Crippen LogP contribution < -0.4 is 5.32 Å². The van der Waals surface area contributed by atoms with Crippen LogP contribution in [0.15, 0.2) is 41.3 Å². The minimum atomic E-state index is 0.275. The molecule has 0 amide bonds. The van der Waals surface area contributed by atoms with E-state index in [9.17, 15) is 0 Å². The van der Waals surface area contributed by atoms with Crippen LogP contribution in [0, 0.1) is 0 Å². The van der Waals surface area contributed by atoms with E-state index < -0.39 is 0 Å². The van der Waals surface area contributed by atoms with E-state index in [1.165, 1.54) is 5.56 Å².